The minimum Gasteiger partial charge on any atom is -0.393 e. The Morgan fingerprint density at radius 1 is 1.35 bits per heavy atom. The maximum Gasteiger partial charge on any atom is 0.241 e. The van der Waals surface area contributed by atoms with E-state index in [1.807, 2.05) is 31.2 Å². The lowest BCUT2D eigenvalue weighted by Crippen LogP contribution is -2.38. The minimum absolute atomic E-state index is 0. The molecule has 0 aromatic heterocycles. The average Bonchev–Trinajstić information content (AvgIpc) is 2.49. The van der Waals surface area contributed by atoms with E-state index < -0.39 is 6.04 Å². The highest BCUT2D eigenvalue weighted by molar-refractivity contribution is 5.97. The Bertz CT molecular complexity index is 480. The molecule has 0 bridgehead atoms. The van der Waals surface area contributed by atoms with Gasteiger partial charge in [0.1, 0.15) is 0 Å². The van der Waals surface area contributed by atoms with Gasteiger partial charge in [-0.05, 0) is 31.4 Å². The molecule has 1 aliphatic rings. The smallest absolute Gasteiger partial charge is 0.241 e. The second kappa shape index (κ2) is 10.7. The van der Waals surface area contributed by atoms with Gasteiger partial charge in [0.25, 0.3) is 0 Å². The fourth-order valence-corrected chi connectivity index (χ4v) is 2.63. The maximum atomic E-state index is 12.1. The fourth-order valence-electron chi connectivity index (χ4n) is 2.63. The third kappa shape index (κ3) is 6.18. The van der Waals surface area contributed by atoms with E-state index >= 15 is 0 Å². The Morgan fingerprint density at radius 2 is 1.96 bits per heavy atom. The highest BCUT2D eigenvalue weighted by Gasteiger charge is 2.20. The molecular formula is C16H27Cl2N3O2. The predicted octanol–water partition coefficient (Wildman–Crippen LogP) is 2.56. The SMILES string of the molecule is CCCC(N)C(=O)Nc1ccccc1N1CCC(O)CC1.Cl.Cl. The van der Waals surface area contributed by atoms with Gasteiger partial charge in [-0.2, -0.15) is 0 Å². The summed E-state index contributed by atoms with van der Waals surface area (Å²) in [5.41, 5.74) is 7.66. The van der Waals surface area contributed by atoms with Crippen molar-refractivity contribution in [2.24, 2.45) is 5.73 Å². The molecule has 132 valence electrons. The number of carbonyl (C=O) groups excluding carboxylic acids is 1. The van der Waals surface area contributed by atoms with Crippen LogP contribution < -0.4 is 16.0 Å². The second-order valence-electron chi connectivity index (χ2n) is 5.62. The van der Waals surface area contributed by atoms with Crippen LogP contribution >= 0.6 is 24.8 Å². The Hall–Kier alpha value is -1.01. The Labute approximate surface area is 150 Å². The number of aliphatic hydroxyl groups excluding tert-OH is 1. The number of aliphatic hydroxyl groups is 1. The molecule has 1 heterocycles. The number of carbonyl (C=O) groups is 1. The molecule has 1 aromatic carbocycles. The average molecular weight is 364 g/mol. The number of halogens is 2. The van der Waals surface area contributed by atoms with Crippen LogP contribution in [0.4, 0.5) is 11.4 Å². The third-order valence-electron chi connectivity index (χ3n) is 3.90. The van der Waals surface area contributed by atoms with Crippen molar-refractivity contribution in [2.75, 3.05) is 23.3 Å². The van der Waals surface area contributed by atoms with Crippen molar-refractivity contribution < 1.29 is 9.90 Å². The van der Waals surface area contributed by atoms with Crippen molar-refractivity contribution in [1.82, 2.24) is 0 Å². The normalized spacial score (nSPS) is 16.0. The second-order valence-corrected chi connectivity index (χ2v) is 5.62. The number of para-hydroxylation sites is 2. The van der Waals surface area contributed by atoms with Gasteiger partial charge in [0.15, 0.2) is 0 Å². The highest BCUT2D eigenvalue weighted by Crippen LogP contribution is 2.28. The van der Waals surface area contributed by atoms with Crippen LogP contribution in [-0.4, -0.2) is 36.2 Å². The Kier molecular flexibility index (Phi) is 10.2. The number of benzene rings is 1. The third-order valence-corrected chi connectivity index (χ3v) is 3.90. The van der Waals surface area contributed by atoms with E-state index in [2.05, 4.69) is 10.2 Å². The lowest BCUT2D eigenvalue weighted by molar-refractivity contribution is -0.117. The molecule has 1 fully saturated rings. The molecule has 5 nitrogen and oxygen atoms in total. The van der Waals surface area contributed by atoms with E-state index in [4.69, 9.17) is 5.73 Å². The summed E-state index contributed by atoms with van der Waals surface area (Å²) in [6, 6.07) is 7.30. The first-order chi connectivity index (χ1) is 10.1. The highest BCUT2D eigenvalue weighted by atomic mass is 35.5. The first kappa shape index (κ1) is 22.0. The zero-order chi connectivity index (χ0) is 15.2. The molecule has 4 N–H and O–H groups in total. The van der Waals surface area contributed by atoms with Gasteiger partial charge in [-0.25, -0.2) is 0 Å². The van der Waals surface area contributed by atoms with E-state index in [1.54, 1.807) is 0 Å². The van der Waals surface area contributed by atoms with Gasteiger partial charge in [-0.15, -0.1) is 24.8 Å². The van der Waals surface area contributed by atoms with Gasteiger partial charge in [0, 0.05) is 13.1 Å². The van der Waals surface area contributed by atoms with E-state index in [1.165, 1.54) is 0 Å². The predicted molar refractivity (Wildman–Crippen MR) is 99.9 cm³/mol. The number of nitrogens with zero attached hydrogens (tertiary/aromatic N) is 1. The Morgan fingerprint density at radius 3 is 2.57 bits per heavy atom. The summed E-state index contributed by atoms with van der Waals surface area (Å²) in [6.45, 7) is 3.62. The number of amides is 1. The van der Waals surface area contributed by atoms with Crippen molar-refractivity contribution in [3.63, 3.8) is 0 Å². The number of nitrogens with one attached hydrogen (secondary N) is 1. The molecule has 1 aliphatic heterocycles. The van der Waals surface area contributed by atoms with E-state index in [9.17, 15) is 9.90 Å². The van der Waals surface area contributed by atoms with Crippen LogP contribution in [0, 0.1) is 0 Å². The molecule has 7 heteroatoms. The molecule has 1 unspecified atom stereocenters. The van der Waals surface area contributed by atoms with Gasteiger partial charge in [-0.1, -0.05) is 25.5 Å². The van der Waals surface area contributed by atoms with Crippen molar-refractivity contribution in [3.05, 3.63) is 24.3 Å². The molecule has 1 aromatic rings. The molecule has 1 saturated heterocycles. The van der Waals surface area contributed by atoms with Gasteiger partial charge in [0.2, 0.25) is 5.91 Å². The van der Waals surface area contributed by atoms with E-state index in [0.717, 1.165) is 43.7 Å². The first-order valence-corrected chi connectivity index (χ1v) is 7.70. The zero-order valence-electron chi connectivity index (χ0n) is 13.4. The standard InChI is InChI=1S/C16H25N3O2.2ClH/c1-2-5-13(17)16(21)18-14-6-3-4-7-15(14)19-10-8-12(20)9-11-19;;/h3-4,6-7,12-13,20H,2,5,8-11,17H2,1H3,(H,18,21);2*1H. The van der Waals surface area contributed by atoms with Crippen molar-refractivity contribution in [2.45, 2.75) is 44.8 Å². The van der Waals surface area contributed by atoms with Crippen molar-refractivity contribution >= 4 is 42.1 Å². The lowest BCUT2D eigenvalue weighted by atomic mass is 10.1. The minimum atomic E-state index is -0.466. The van der Waals surface area contributed by atoms with Crippen molar-refractivity contribution in [3.8, 4) is 0 Å². The summed E-state index contributed by atoms with van der Waals surface area (Å²) in [6.07, 6.45) is 2.89. The van der Waals surface area contributed by atoms with E-state index in [0.29, 0.717) is 6.42 Å². The van der Waals surface area contributed by atoms with Gasteiger partial charge in [-0.3, -0.25) is 4.79 Å². The monoisotopic (exact) mass is 363 g/mol. The molecular weight excluding hydrogens is 337 g/mol. The van der Waals surface area contributed by atoms with Gasteiger partial charge < -0.3 is 21.1 Å². The van der Waals surface area contributed by atoms with Gasteiger partial charge >= 0.3 is 0 Å². The van der Waals surface area contributed by atoms with Crippen LogP contribution in [0.15, 0.2) is 24.3 Å². The number of piperidine rings is 1. The van der Waals surface area contributed by atoms with Crippen LogP contribution in [0.2, 0.25) is 0 Å². The van der Waals surface area contributed by atoms with Crippen LogP contribution in [-0.2, 0) is 4.79 Å². The molecule has 1 amide bonds. The maximum absolute atomic E-state index is 12.1. The summed E-state index contributed by atoms with van der Waals surface area (Å²) < 4.78 is 0. The van der Waals surface area contributed by atoms with Crippen LogP contribution in [0.1, 0.15) is 32.6 Å². The Balaban J connectivity index is 0.00000242. The molecule has 0 saturated carbocycles. The van der Waals surface area contributed by atoms with Crippen molar-refractivity contribution in [1.29, 1.82) is 0 Å². The molecule has 0 radical (unpaired) electrons. The molecule has 0 aliphatic carbocycles. The van der Waals surface area contributed by atoms with Gasteiger partial charge in [0.05, 0.1) is 23.5 Å². The lowest BCUT2D eigenvalue weighted by Gasteiger charge is -2.33. The number of hydrogen-bond acceptors (Lipinski definition) is 4. The number of hydrogen-bond donors (Lipinski definition) is 3. The molecule has 2 rings (SSSR count). The number of rotatable bonds is 5. The molecule has 1 atom stereocenters. The quantitative estimate of drug-likeness (QED) is 0.750. The summed E-state index contributed by atoms with van der Waals surface area (Å²) in [5.74, 6) is -0.138. The fraction of sp³-hybridized carbons (Fsp3) is 0.562. The summed E-state index contributed by atoms with van der Waals surface area (Å²) in [5, 5.41) is 12.5. The zero-order valence-corrected chi connectivity index (χ0v) is 15.0. The molecule has 0 spiro atoms. The molecule has 23 heavy (non-hydrogen) atoms. The van der Waals surface area contributed by atoms with Crippen LogP contribution in [0.25, 0.3) is 0 Å². The van der Waals surface area contributed by atoms with Crippen LogP contribution in [0.3, 0.4) is 0 Å². The number of nitrogens with two attached hydrogens (primary N) is 1. The van der Waals surface area contributed by atoms with Crippen LogP contribution in [0.5, 0.6) is 0 Å². The number of anilines is 2. The van der Waals surface area contributed by atoms with E-state index in [-0.39, 0.29) is 36.8 Å². The topological polar surface area (TPSA) is 78.6 Å². The first-order valence-electron chi connectivity index (χ1n) is 7.70. The summed E-state index contributed by atoms with van der Waals surface area (Å²) in [4.78, 5) is 14.3. The summed E-state index contributed by atoms with van der Waals surface area (Å²) >= 11 is 0. The largest absolute Gasteiger partial charge is 0.393 e. The summed E-state index contributed by atoms with van der Waals surface area (Å²) in [7, 11) is 0.